The molecule has 0 spiro atoms. The van der Waals surface area contributed by atoms with Crippen molar-refractivity contribution in [2.75, 3.05) is 7.05 Å². The van der Waals surface area contributed by atoms with E-state index in [4.69, 9.17) is 0 Å². The molecule has 0 aliphatic carbocycles. The van der Waals surface area contributed by atoms with Gasteiger partial charge in [0.2, 0.25) is 5.56 Å². The molecular weight excluding hydrogens is 204 g/mol. The van der Waals surface area contributed by atoms with Gasteiger partial charge in [-0.3, -0.25) is 4.79 Å². The van der Waals surface area contributed by atoms with Gasteiger partial charge in [-0.2, -0.15) is 0 Å². The number of pyridine rings is 1. The summed E-state index contributed by atoms with van der Waals surface area (Å²) in [6, 6.07) is 5.00. The molecule has 0 aliphatic heterocycles. The maximum Gasteiger partial charge on any atom is 0.248 e. The Morgan fingerprint density at radius 2 is 2.31 bits per heavy atom. The topological polar surface area (TPSA) is 62.7 Å². The van der Waals surface area contributed by atoms with Gasteiger partial charge >= 0.3 is 0 Å². The van der Waals surface area contributed by atoms with Gasteiger partial charge in [0.1, 0.15) is 11.9 Å². The van der Waals surface area contributed by atoms with E-state index in [2.05, 4.69) is 15.3 Å². The molecule has 1 unspecified atom stereocenters. The number of nitrogens with one attached hydrogen (secondary N) is 2. The van der Waals surface area contributed by atoms with Crippen LogP contribution in [0.3, 0.4) is 0 Å². The van der Waals surface area contributed by atoms with Gasteiger partial charge in [0, 0.05) is 31.2 Å². The molecule has 16 heavy (non-hydrogen) atoms. The Balaban J connectivity index is 2.44. The highest BCUT2D eigenvalue weighted by Crippen LogP contribution is 2.16. The fraction of sp³-hybridized carbons (Fsp3) is 0.273. The van der Waals surface area contributed by atoms with E-state index >= 15 is 0 Å². The van der Waals surface area contributed by atoms with Crippen LogP contribution in [0.1, 0.15) is 17.6 Å². The lowest BCUT2D eigenvalue weighted by atomic mass is 10.2. The smallest absolute Gasteiger partial charge is 0.248 e. The minimum absolute atomic E-state index is 0.103. The maximum atomic E-state index is 11.3. The van der Waals surface area contributed by atoms with E-state index in [9.17, 15) is 4.79 Å². The van der Waals surface area contributed by atoms with Crippen LogP contribution >= 0.6 is 0 Å². The first-order valence-corrected chi connectivity index (χ1v) is 5.06. The van der Waals surface area contributed by atoms with Gasteiger partial charge in [0.05, 0.1) is 0 Å². The molecule has 0 amide bonds. The molecule has 5 heteroatoms. The molecule has 1 atom stereocenters. The third kappa shape index (κ3) is 1.90. The summed E-state index contributed by atoms with van der Waals surface area (Å²) >= 11 is 0. The highest BCUT2D eigenvalue weighted by molar-refractivity contribution is 5.17. The zero-order valence-electron chi connectivity index (χ0n) is 9.27. The van der Waals surface area contributed by atoms with Crippen LogP contribution < -0.4 is 10.9 Å². The lowest BCUT2D eigenvalue weighted by Crippen LogP contribution is -2.24. The Hall–Kier alpha value is -1.88. The molecule has 0 radical (unpaired) electrons. The van der Waals surface area contributed by atoms with Crippen LogP contribution in [0.2, 0.25) is 0 Å². The summed E-state index contributed by atoms with van der Waals surface area (Å²) in [5.74, 6) is 0.865. The maximum absolute atomic E-state index is 11.3. The molecule has 2 N–H and O–H groups in total. The van der Waals surface area contributed by atoms with Crippen LogP contribution in [0.5, 0.6) is 0 Å². The Kier molecular flexibility index (Phi) is 2.87. The van der Waals surface area contributed by atoms with Crippen molar-refractivity contribution in [3.05, 3.63) is 52.5 Å². The molecule has 0 aromatic carbocycles. The molecule has 0 saturated carbocycles. The van der Waals surface area contributed by atoms with Crippen molar-refractivity contribution < 1.29 is 0 Å². The number of imidazole rings is 1. The Bertz CT molecular complexity index is 529. The number of nitrogens with zero attached hydrogens (tertiary/aromatic N) is 2. The minimum Gasteiger partial charge on any atom is -0.336 e. The van der Waals surface area contributed by atoms with Crippen LogP contribution in [-0.4, -0.2) is 21.6 Å². The number of H-pyrrole nitrogens is 1. The Labute approximate surface area is 93.2 Å². The molecule has 5 nitrogen and oxygen atoms in total. The zero-order valence-corrected chi connectivity index (χ0v) is 9.27. The molecule has 0 bridgehead atoms. The molecule has 2 heterocycles. The summed E-state index contributed by atoms with van der Waals surface area (Å²) in [6.45, 7) is 0. The molecule has 2 aromatic rings. The third-order valence-electron chi connectivity index (χ3n) is 2.51. The van der Waals surface area contributed by atoms with Crippen LogP contribution in [0.25, 0.3) is 0 Å². The molecule has 84 valence electrons. The number of hydrogen-bond acceptors (Lipinski definition) is 3. The quantitative estimate of drug-likeness (QED) is 0.784. The molecule has 0 fully saturated rings. The molecule has 0 aliphatic rings. The summed E-state index contributed by atoms with van der Waals surface area (Å²) in [5.41, 5.74) is 0.705. The Morgan fingerprint density at radius 1 is 1.50 bits per heavy atom. The highest BCUT2D eigenvalue weighted by atomic mass is 16.1. The third-order valence-corrected chi connectivity index (χ3v) is 2.51. The number of aromatic amines is 1. The average Bonchev–Trinajstić information content (AvgIpc) is 2.67. The van der Waals surface area contributed by atoms with E-state index in [1.54, 1.807) is 12.3 Å². The van der Waals surface area contributed by atoms with Crippen molar-refractivity contribution in [3.63, 3.8) is 0 Å². The minimum atomic E-state index is -0.105. The van der Waals surface area contributed by atoms with Crippen molar-refractivity contribution in [1.29, 1.82) is 0 Å². The number of aromatic nitrogens is 3. The van der Waals surface area contributed by atoms with Gasteiger partial charge in [-0.15, -0.1) is 0 Å². The van der Waals surface area contributed by atoms with Crippen molar-refractivity contribution >= 4 is 0 Å². The second-order valence-corrected chi connectivity index (χ2v) is 3.59. The van der Waals surface area contributed by atoms with Gasteiger partial charge in [-0.25, -0.2) is 4.98 Å². The summed E-state index contributed by atoms with van der Waals surface area (Å²) in [7, 11) is 3.76. The first kappa shape index (κ1) is 10.6. The second kappa shape index (κ2) is 4.32. The number of rotatable bonds is 3. The summed E-state index contributed by atoms with van der Waals surface area (Å²) in [6.07, 6.45) is 3.61. The largest absolute Gasteiger partial charge is 0.336 e. The van der Waals surface area contributed by atoms with Crippen molar-refractivity contribution in [2.45, 2.75) is 6.04 Å². The van der Waals surface area contributed by atoms with Crippen molar-refractivity contribution in [2.24, 2.45) is 7.05 Å². The van der Waals surface area contributed by atoms with Crippen LogP contribution in [0, 0.1) is 0 Å². The SMILES string of the molecule is CNC(c1cccc(=O)[nH]1)c1nccn1C. The fourth-order valence-corrected chi connectivity index (χ4v) is 1.71. The molecule has 0 saturated heterocycles. The highest BCUT2D eigenvalue weighted by Gasteiger charge is 2.16. The van der Waals surface area contributed by atoms with Crippen LogP contribution in [0.4, 0.5) is 0 Å². The fourth-order valence-electron chi connectivity index (χ4n) is 1.71. The lowest BCUT2D eigenvalue weighted by molar-refractivity contribution is 0.601. The van der Waals surface area contributed by atoms with E-state index in [0.717, 1.165) is 11.5 Å². The predicted molar refractivity (Wildman–Crippen MR) is 61.2 cm³/mol. The van der Waals surface area contributed by atoms with E-state index in [1.165, 1.54) is 6.07 Å². The summed E-state index contributed by atoms with van der Waals surface area (Å²) < 4.78 is 1.92. The predicted octanol–water partition coefficient (Wildman–Crippen LogP) is 0.417. The lowest BCUT2D eigenvalue weighted by Gasteiger charge is -2.15. The summed E-state index contributed by atoms with van der Waals surface area (Å²) in [4.78, 5) is 18.3. The van der Waals surface area contributed by atoms with Crippen LogP contribution in [-0.2, 0) is 7.05 Å². The van der Waals surface area contributed by atoms with Crippen molar-refractivity contribution in [3.8, 4) is 0 Å². The first-order valence-electron chi connectivity index (χ1n) is 5.06. The van der Waals surface area contributed by atoms with Gasteiger partial charge in [0.15, 0.2) is 0 Å². The van der Waals surface area contributed by atoms with E-state index < -0.39 is 0 Å². The van der Waals surface area contributed by atoms with Gasteiger partial charge in [-0.05, 0) is 13.1 Å². The van der Waals surface area contributed by atoms with E-state index in [0.29, 0.717) is 0 Å². The number of aryl methyl sites for hydroxylation is 1. The second-order valence-electron chi connectivity index (χ2n) is 3.59. The number of hydrogen-bond donors (Lipinski definition) is 2. The normalized spacial score (nSPS) is 12.6. The van der Waals surface area contributed by atoms with Crippen molar-refractivity contribution in [1.82, 2.24) is 19.9 Å². The monoisotopic (exact) mass is 218 g/mol. The van der Waals surface area contributed by atoms with E-state index in [-0.39, 0.29) is 11.6 Å². The molecular formula is C11H14N4O. The molecule has 2 rings (SSSR count). The van der Waals surface area contributed by atoms with Gasteiger partial charge in [-0.1, -0.05) is 6.07 Å². The standard InChI is InChI=1S/C11H14N4O/c1-12-10(11-13-6-7-15(11)2)8-4-3-5-9(16)14-8/h3-7,10,12H,1-2H3,(H,14,16). The summed E-state index contributed by atoms with van der Waals surface area (Å²) in [5, 5.41) is 3.14. The van der Waals surface area contributed by atoms with E-state index in [1.807, 2.05) is 30.9 Å². The van der Waals surface area contributed by atoms with Gasteiger partial charge in [0.25, 0.3) is 0 Å². The molecule has 2 aromatic heterocycles. The average molecular weight is 218 g/mol. The van der Waals surface area contributed by atoms with Gasteiger partial charge < -0.3 is 14.9 Å². The Morgan fingerprint density at radius 3 is 2.88 bits per heavy atom. The van der Waals surface area contributed by atoms with Crippen LogP contribution in [0.15, 0.2) is 35.4 Å². The first-order chi connectivity index (χ1) is 7.72. The zero-order chi connectivity index (χ0) is 11.5.